The summed E-state index contributed by atoms with van der Waals surface area (Å²) in [7, 11) is -3.30. The smallest absolute Gasteiger partial charge is 0.254 e. The Bertz CT molecular complexity index is 1070. The van der Waals surface area contributed by atoms with Crippen LogP contribution in [-0.4, -0.2) is 44.1 Å². The number of anilines is 2. The summed E-state index contributed by atoms with van der Waals surface area (Å²) in [6.45, 7) is 0.507. The number of benzene rings is 2. The first-order valence-electron chi connectivity index (χ1n) is 9.02. The van der Waals surface area contributed by atoms with E-state index in [1.54, 1.807) is 6.07 Å². The summed E-state index contributed by atoms with van der Waals surface area (Å²) in [6.07, 6.45) is 1.45. The zero-order chi connectivity index (χ0) is 22.1. The molecule has 0 saturated carbocycles. The summed E-state index contributed by atoms with van der Waals surface area (Å²) in [5.41, 5.74) is 5.42. The van der Waals surface area contributed by atoms with E-state index in [1.807, 2.05) is 22.6 Å². The van der Waals surface area contributed by atoms with E-state index in [0.717, 1.165) is 18.4 Å². The van der Waals surface area contributed by atoms with Gasteiger partial charge in [-0.2, -0.15) is 0 Å². The lowest BCUT2D eigenvalue weighted by molar-refractivity contribution is 0.0985. The average molecular weight is 551 g/mol. The molecular weight excluding hydrogens is 531 g/mol. The topological polar surface area (TPSA) is 102 Å². The van der Waals surface area contributed by atoms with E-state index < -0.39 is 33.7 Å². The van der Waals surface area contributed by atoms with Crippen molar-refractivity contribution in [3.8, 4) is 5.75 Å². The van der Waals surface area contributed by atoms with Crippen molar-refractivity contribution in [2.45, 2.75) is 18.9 Å². The first-order chi connectivity index (χ1) is 14.0. The van der Waals surface area contributed by atoms with Gasteiger partial charge in [0, 0.05) is 22.7 Å². The first kappa shape index (κ1) is 22.7. The number of carbonyl (C=O) groups excluding carboxylic acids is 1. The Balaban J connectivity index is 1.87. The van der Waals surface area contributed by atoms with Gasteiger partial charge in [0.05, 0.1) is 17.6 Å². The lowest BCUT2D eigenvalue weighted by Crippen LogP contribution is -2.41. The summed E-state index contributed by atoms with van der Waals surface area (Å²) < 4.78 is 59.6. The minimum Gasteiger partial charge on any atom is -0.489 e. The third-order valence-electron chi connectivity index (χ3n) is 4.68. The highest BCUT2D eigenvalue weighted by Crippen LogP contribution is 2.33. The fourth-order valence-corrected chi connectivity index (χ4v) is 4.55. The normalized spacial score (nSPS) is 15.7. The van der Waals surface area contributed by atoms with Crippen LogP contribution in [0.15, 0.2) is 30.3 Å². The molecule has 1 fully saturated rings. The van der Waals surface area contributed by atoms with Crippen molar-refractivity contribution in [3.63, 3.8) is 0 Å². The molecule has 2 aromatic carbocycles. The van der Waals surface area contributed by atoms with Crippen LogP contribution in [0.25, 0.3) is 0 Å². The molecule has 0 unspecified atom stereocenters. The Morgan fingerprint density at radius 3 is 2.43 bits per heavy atom. The van der Waals surface area contributed by atoms with Crippen LogP contribution >= 0.6 is 22.6 Å². The molecule has 7 nitrogen and oxygen atoms in total. The number of nitrogens with one attached hydrogen (secondary N) is 1. The van der Waals surface area contributed by atoms with E-state index >= 15 is 0 Å². The lowest BCUT2D eigenvalue weighted by Gasteiger charge is -2.31. The van der Waals surface area contributed by atoms with Gasteiger partial charge in [-0.05, 0) is 59.7 Å². The van der Waals surface area contributed by atoms with Crippen molar-refractivity contribution in [2.75, 3.05) is 24.7 Å². The minimum absolute atomic E-state index is 0.0221. The van der Waals surface area contributed by atoms with E-state index in [9.17, 15) is 22.0 Å². The lowest BCUT2D eigenvalue weighted by atomic mass is 10.1. The van der Waals surface area contributed by atoms with Crippen molar-refractivity contribution in [1.29, 1.82) is 0 Å². The molecule has 0 bridgehead atoms. The number of nitrogens with zero attached hydrogens (tertiary/aromatic N) is 1. The van der Waals surface area contributed by atoms with Crippen LogP contribution in [0, 0.1) is 15.2 Å². The van der Waals surface area contributed by atoms with Crippen LogP contribution in [0.4, 0.5) is 20.2 Å². The van der Waals surface area contributed by atoms with Gasteiger partial charge in [-0.15, -0.1) is 0 Å². The first-order valence-corrected chi connectivity index (χ1v) is 11.9. The van der Waals surface area contributed by atoms with Gasteiger partial charge in [0.2, 0.25) is 10.0 Å². The SMILES string of the molecule is CS(=O)(=O)N1CCC(Oc2cc(F)cc(Nc3ccc(I)cc3F)c2C(N)=O)CC1. The van der Waals surface area contributed by atoms with Crippen LogP contribution in [0.3, 0.4) is 0 Å². The summed E-state index contributed by atoms with van der Waals surface area (Å²) in [5, 5.41) is 2.71. The Hall–Kier alpha value is -1.99. The minimum atomic E-state index is -3.30. The molecule has 1 amide bonds. The number of nitrogens with two attached hydrogens (primary N) is 1. The van der Waals surface area contributed by atoms with Crippen LogP contribution in [0.5, 0.6) is 5.75 Å². The third kappa shape index (κ3) is 5.38. The Labute approximate surface area is 186 Å². The third-order valence-corrected chi connectivity index (χ3v) is 6.65. The molecule has 0 aliphatic carbocycles. The molecule has 1 saturated heterocycles. The Morgan fingerprint density at radius 2 is 1.87 bits per heavy atom. The largest absolute Gasteiger partial charge is 0.489 e. The maximum absolute atomic E-state index is 14.3. The molecule has 1 aliphatic heterocycles. The number of primary amides is 1. The number of ether oxygens (including phenoxy) is 1. The summed E-state index contributed by atoms with van der Waals surface area (Å²) in [5.74, 6) is -2.21. The van der Waals surface area contributed by atoms with Crippen molar-refractivity contribution in [1.82, 2.24) is 4.31 Å². The molecule has 11 heteroatoms. The molecule has 0 spiro atoms. The fraction of sp³-hybridized carbons (Fsp3) is 0.316. The number of rotatable bonds is 6. The zero-order valence-corrected chi connectivity index (χ0v) is 19.0. The van der Waals surface area contributed by atoms with Crippen molar-refractivity contribution >= 4 is 49.9 Å². The van der Waals surface area contributed by atoms with E-state index in [1.165, 1.54) is 16.4 Å². The highest BCUT2D eigenvalue weighted by Gasteiger charge is 2.28. The number of hydrogen-bond acceptors (Lipinski definition) is 5. The summed E-state index contributed by atoms with van der Waals surface area (Å²) in [4.78, 5) is 12.1. The highest BCUT2D eigenvalue weighted by atomic mass is 127. The van der Waals surface area contributed by atoms with Crippen molar-refractivity contribution in [3.05, 3.63) is 51.1 Å². The second kappa shape index (κ2) is 9.02. The van der Waals surface area contributed by atoms with Crippen LogP contribution in [-0.2, 0) is 10.0 Å². The quantitative estimate of drug-likeness (QED) is 0.538. The predicted molar refractivity (Wildman–Crippen MR) is 117 cm³/mol. The van der Waals surface area contributed by atoms with E-state index in [-0.39, 0.29) is 35.8 Å². The van der Waals surface area contributed by atoms with Gasteiger partial charge in [-0.1, -0.05) is 0 Å². The molecular formula is C19H20F2IN3O4S. The van der Waals surface area contributed by atoms with Crippen molar-refractivity contribution in [2.24, 2.45) is 5.73 Å². The van der Waals surface area contributed by atoms with Crippen LogP contribution < -0.4 is 15.8 Å². The molecule has 0 atom stereocenters. The molecule has 2 aromatic rings. The van der Waals surface area contributed by atoms with Gasteiger partial charge in [0.25, 0.3) is 5.91 Å². The van der Waals surface area contributed by atoms with E-state index in [4.69, 9.17) is 10.5 Å². The molecule has 162 valence electrons. The van der Waals surface area contributed by atoms with Gasteiger partial charge in [0.15, 0.2) is 0 Å². The number of sulfonamides is 1. The Morgan fingerprint density at radius 1 is 1.20 bits per heavy atom. The van der Waals surface area contributed by atoms with Gasteiger partial charge in [-0.25, -0.2) is 21.5 Å². The second-order valence-electron chi connectivity index (χ2n) is 6.92. The summed E-state index contributed by atoms with van der Waals surface area (Å²) >= 11 is 1.95. The predicted octanol–water partition coefficient (Wildman–Crippen LogP) is 3.21. The maximum atomic E-state index is 14.3. The van der Waals surface area contributed by atoms with Crippen LogP contribution in [0.1, 0.15) is 23.2 Å². The van der Waals surface area contributed by atoms with E-state index in [0.29, 0.717) is 16.4 Å². The number of halogens is 3. The standard InChI is InChI=1S/C19H20F2IN3O4S/c1-30(27,28)25-6-4-13(5-7-25)29-17-9-11(20)8-16(18(17)19(23)26)24-15-3-2-12(22)10-14(15)21/h2-3,8-10,13,24H,4-7H2,1H3,(H2,23,26). The molecule has 30 heavy (non-hydrogen) atoms. The monoisotopic (exact) mass is 551 g/mol. The molecule has 0 radical (unpaired) electrons. The molecule has 0 aromatic heterocycles. The summed E-state index contributed by atoms with van der Waals surface area (Å²) in [6, 6.07) is 6.49. The molecule has 1 heterocycles. The second-order valence-corrected chi connectivity index (χ2v) is 10.1. The number of carbonyl (C=O) groups is 1. The number of amides is 1. The van der Waals surface area contributed by atoms with Gasteiger partial charge < -0.3 is 15.8 Å². The number of hydrogen-bond donors (Lipinski definition) is 2. The van der Waals surface area contributed by atoms with Gasteiger partial charge in [-0.3, -0.25) is 4.79 Å². The van der Waals surface area contributed by atoms with Gasteiger partial charge >= 0.3 is 0 Å². The molecule has 3 rings (SSSR count). The van der Waals surface area contributed by atoms with Crippen LogP contribution in [0.2, 0.25) is 0 Å². The average Bonchev–Trinajstić information content (AvgIpc) is 2.63. The van der Waals surface area contributed by atoms with Crippen molar-refractivity contribution < 1.29 is 26.7 Å². The van der Waals surface area contributed by atoms with Gasteiger partial charge in [0.1, 0.15) is 29.1 Å². The van der Waals surface area contributed by atoms with E-state index in [2.05, 4.69) is 5.32 Å². The maximum Gasteiger partial charge on any atom is 0.254 e. The number of piperidine rings is 1. The molecule has 3 N–H and O–H groups in total. The zero-order valence-electron chi connectivity index (χ0n) is 16.0. The highest BCUT2D eigenvalue weighted by molar-refractivity contribution is 14.1. The molecule has 1 aliphatic rings. The fourth-order valence-electron chi connectivity index (χ4n) is 3.22. The Kier molecular flexibility index (Phi) is 6.82.